The Balaban J connectivity index is 1.54. The Morgan fingerprint density at radius 2 is 1.73 bits per heavy atom. The lowest BCUT2D eigenvalue weighted by Gasteiger charge is -2.05. The van der Waals surface area contributed by atoms with Crippen molar-refractivity contribution in [2.45, 2.75) is 6.92 Å². The summed E-state index contributed by atoms with van der Waals surface area (Å²) < 4.78 is 1.72. The molecule has 0 unspecified atom stereocenters. The normalized spacial score (nSPS) is 10.7. The lowest BCUT2D eigenvalue weighted by Crippen LogP contribution is -2.40. The average Bonchev–Trinajstić information content (AvgIpc) is 3.15. The van der Waals surface area contributed by atoms with Crippen molar-refractivity contribution in [3.05, 3.63) is 89.8 Å². The summed E-state index contributed by atoms with van der Waals surface area (Å²) in [6.45, 7) is 1.94. The maximum atomic E-state index is 11.9. The van der Waals surface area contributed by atoms with Crippen LogP contribution >= 0.6 is 0 Å². The molecule has 0 bridgehead atoms. The Kier molecular flexibility index (Phi) is 5.24. The fraction of sp³-hybridized carbons (Fsp3) is 0.0500. The summed E-state index contributed by atoms with van der Waals surface area (Å²) in [4.78, 5) is 23.8. The number of rotatable bonds is 4. The van der Waals surface area contributed by atoms with Gasteiger partial charge in [-0.25, -0.2) is 4.68 Å². The summed E-state index contributed by atoms with van der Waals surface area (Å²) >= 11 is 0. The van der Waals surface area contributed by atoms with Gasteiger partial charge in [-0.15, -0.1) is 0 Å². The molecular formula is C20H18N4O2. The Labute approximate surface area is 151 Å². The molecule has 0 aliphatic rings. The van der Waals surface area contributed by atoms with Gasteiger partial charge in [-0.3, -0.25) is 20.4 Å². The molecular weight excluding hydrogens is 328 g/mol. The van der Waals surface area contributed by atoms with Gasteiger partial charge in [0.15, 0.2) is 0 Å². The lowest BCUT2D eigenvalue weighted by atomic mass is 10.1. The first-order valence-corrected chi connectivity index (χ1v) is 8.07. The molecule has 2 N–H and O–H groups in total. The van der Waals surface area contributed by atoms with Crippen LogP contribution in [0.4, 0.5) is 0 Å². The van der Waals surface area contributed by atoms with Crippen LogP contribution in [0, 0.1) is 6.92 Å². The molecule has 0 fully saturated rings. The molecule has 130 valence electrons. The van der Waals surface area contributed by atoms with Crippen LogP contribution in [0.25, 0.3) is 11.8 Å². The monoisotopic (exact) mass is 346 g/mol. The van der Waals surface area contributed by atoms with Crippen LogP contribution in [-0.2, 0) is 4.79 Å². The molecule has 6 nitrogen and oxygen atoms in total. The first-order valence-electron chi connectivity index (χ1n) is 8.07. The Morgan fingerprint density at radius 1 is 1.00 bits per heavy atom. The molecule has 6 heteroatoms. The Morgan fingerprint density at radius 3 is 2.46 bits per heavy atom. The van der Waals surface area contributed by atoms with Gasteiger partial charge < -0.3 is 0 Å². The van der Waals surface area contributed by atoms with Gasteiger partial charge in [0.1, 0.15) is 0 Å². The summed E-state index contributed by atoms with van der Waals surface area (Å²) in [5.74, 6) is -0.804. The molecule has 0 aliphatic heterocycles. The molecule has 1 heterocycles. The van der Waals surface area contributed by atoms with Crippen LogP contribution in [0.15, 0.2) is 73.1 Å². The van der Waals surface area contributed by atoms with Gasteiger partial charge in [-0.1, -0.05) is 35.9 Å². The van der Waals surface area contributed by atoms with E-state index in [0.717, 1.165) is 16.8 Å². The number of aryl methyl sites for hydroxylation is 1. The first-order chi connectivity index (χ1) is 12.6. The minimum absolute atomic E-state index is 0.372. The minimum atomic E-state index is -0.432. The van der Waals surface area contributed by atoms with Crippen LogP contribution in [0.5, 0.6) is 0 Å². The number of hydrazine groups is 1. The highest BCUT2D eigenvalue weighted by Gasteiger charge is 2.05. The fourth-order valence-corrected chi connectivity index (χ4v) is 2.25. The zero-order valence-electron chi connectivity index (χ0n) is 14.2. The molecule has 2 aromatic carbocycles. The third kappa shape index (κ3) is 4.45. The molecule has 0 atom stereocenters. The predicted octanol–water partition coefficient (Wildman–Crippen LogP) is 2.66. The highest BCUT2D eigenvalue weighted by atomic mass is 16.2. The van der Waals surface area contributed by atoms with Gasteiger partial charge in [-0.05, 0) is 37.3 Å². The van der Waals surface area contributed by atoms with E-state index in [9.17, 15) is 9.59 Å². The number of benzene rings is 2. The van der Waals surface area contributed by atoms with E-state index in [1.54, 1.807) is 29.1 Å². The SMILES string of the molecule is Cc1ccc(C(=O)NNC(=O)/C=C/c2cnn(-c3ccccc3)c2)cc1. The van der Waals surface area contributed by atoms with Crippen LogP contribution < -0.4 is 10.9 Å². The van der Waals surface area contributed by atoms with E-state index in [0.29, 0.717) is 5.56 Å². The number of carbonyl (C=O) groups excluding carboxylic acids is 2. The third-order valence-corrected chi connectivity index (χ3v) is 3.66. The second-order valence-electron chi connectivity index (χ2n) is 5.70. The van der Waals surface area contributed by atoms with Crippen molar-refractivity contribution in [3.8, 4) is 5.69 Å². The fourth-order valence-electron chi connectivity index (χ4n) is 2.25. The van der Waals surface area contributed by atoms with E-state index in [4.69, 9.17) is 0 Å². The molecule has 0 saturated heterocycles. The lowest BCUT2D eigenvalue weighted by molar-refractivity contribution is -0.117. The van der Waals surface area contributed by atoms with Crippen LogP contribution in [0.1, 0.15) is 21.5 Å². The summed E-state index contributed by atoms with van der Waals surface area (Å²) in [6.07, 6.45) is 6.42. The summed E-state index contributed by atoms with van der Waals surface area (Å²) in [7, 11) is 0. The molecule has 0 radical (unpaired) electrons. The van der Waals surface area contributed by atoms with Gasteiger partial charge in [0, 0.05) is 23.4 Å². The minimum Gasteiger partial charge on any atom is -0.268 e. The standard InChI is InChI=1S/C20H18N4O2/c1-15-7-10-17(11-8-15)20(26)23-22-19(25)12-9-16-13-21-24(14-16)18-5-3-2-4-6-18/h2-14H,1H3,(H,22,25)(H,23,26)/b12-9+. The predicted molar refractivity (Wildman–Crippen MR) is 99.4 cm³/mol. The zero-order valence-corrected chi connectivity index (χ0v) is 14.2. The van der Waals surface area contributed by atoms with Gasteiger partial charge in [0.25, 0.3) is 11.8 Å². The van der Waals surface area contributed by atoms with Gasteiger partial charge in [0.05, 0.1) is 11.9 Å². The van der Waals surface area contributed by atoms with Crippen molar-refractivity contribution in [3.63, 3.8) is 0 Å². The first kappa shape index (κ1) is 17.2. The molecule has 0 saturated carbocycles. The van der Waals surface area contributed by atoms with Crippen LogP contribution in [0.3, 0.4) is 0 Å². The van der Waals surface area contributed by atoms with Crippen molar-refractivity contribution < 1.29 is 9.59 Å². The van der Waals surface area contributed by atoms with E-state index < -0.39 is 5.91 Å². The average molecular weight is 346 g/mol. The summed E-state index contributed by atoms with van der Waals surface area (Å²) in [6, 6.07) is 16.7. The molecule has 0 aliphatic carbocycles. The van der Waals surface area contributed by atoms with E-state index in [2.05, 4.69) is 16.0 Å². The topological polar surface area (TPSA) is 76.0 Å². The smallest absolute Gasteiger partial charge is 0.268 e. The van der Waals surface area contributed by atoms with Gasteiger partial charge in [0.2, 0.25) is 0 Å². The third-order valence-electron chi connectivity index (χ3n) is 3.66. The largest absolute Gasteiger partial charge is 0.269 e. The second-order valence-corrected chi connectivity index (χ2v) is 5.70. The number of hydrogen-bond donors (Lipinski definition) is 2. The number of carbonyl (C=O) groups is 2. The van der Waals surface area contributed by atoms with Crippen molar-refractivity contribution in [2.75, 3.05) is 0 Å². The molecule has 3 aromatic rings. The summed E-state index contributed by atoms with van der Waals surface area (Å²) in [5.41, 5.74) is 7.97. The second kappa shape index (κ2) is 7.94. The number of amides is 2. The number of hydrogen-bond acceptors (Lipinski definition) is 3. The Bertz CT molecular complexity index is 928. The molecule has 0 spiro atoms. The van der Waals surface area contributed by atoms with Crippen molar-refractivity contribution >= 4 is 17.9 Å². The van der Waals surface area contributed by atoms with E-state index in [1.165, 1.54) is 6.08 Å². The molecule has 3 rings (SSSR count). The number of para-hydroxylation sites is 1. The quantitative estimate of drug-likeness (QED) is 0.563. The van der Waals surface area contributed by atoms with E-state index in [1.807, 2.05) is 55.6 Å². The number of nitrogens with one attached hydrogen (secondary N) is 2. The van der Waals surface area contributed by atoms with Crippen LogP contribution in [-0.4, -0.2) is 21.6 Å². The highest BCUT2D eigenvalue weighted by molar-refractivity contribution is 5.97. The van der Waals surface area contributed by atoms with Crippen molar-refractivity contribution in [1.82, 2.24) is 20.6 Å². The van der Waals surface area contributed by atoms with E-state index in [-0.39, 0.29) is 5.91 Å². The van der Waals surface area contributed by atoms with Gasteiger partial charge >= 0.3 is 0 Å². The maximum Gasteiger partial charge on any atom is 0.269 e. The molecule has 1 aromatic heterocycles. The van der Waals surface area contributed by atoms with E-state index >= 15 is 0 Å². The maximum absolute atomic E-state index is 11.9. The highest BCUT2D eigenvalue weighted by Crippen LogP contribution is 2.08. The van der Waals surface area contributed by atoms with Gasteiger partial charge in [-0.2, -0.15) is 5.10 Å². The molecule has 2 amide bonds. The van der Waals surface area contributed by atoms with Crippen molar-refractivity contribution in [2.24, 2.45) is 0 Å². The number of nitrogens with zero attached hydrogens (tertiary/aromatic N) is 2. The van der Waals surface area contributed by atoms with Crippen LogP contribution in [0.2, 0.25) is 0 Å². The Hall–Kier alpha value is -3.67. The summed E-state index contributed by atoms with van der Waals surface area (Å²) in [5, 5.41) is 4.25. The molecule has 26 heavy (non-hydrogen) atoms. The van der Waals surface area contributed by atoms with Crippen molar-refractivity contribution in [1.29, 1.82) is 0 Å². The zero-order chi connectivity index (χ0) is 18.4. The number of aromatic nitrogens is 2.